The number of aryl methyl sites for hydroxylation is 1. The smallest absolute Gasteiger partial charge is 0.262 e. The predicted octanol–water partition coefficient (Wildman–Crippen LogP) is 4.58. The molecule has 7 N–H and O–H groups in total. The van der Waals surface area contributed by atoms with Crippen molar-refractivity contribution < 1.29 is 14.3 Å². The number of hydrogen-bond donors (Lipinski definition) is 4. The number of likely N-dealkylation sites (N-methyl/N-ethyl adjacent to an activating group) is 1. The van der Waals surface area contributed by atoms with Crippen LogP contribution in [0.3, 0.4) is 0 Å². The van der Waals surface area contributed by atoms with Gasteiger partial charge in [-0.1, -0.05) is 37.3 Å². The summed E-state index contributed by atoms with van der Waals surface area (Å²) in [6.45, 7) is 6.81. The lowest BCUT2D eigenvalue weighted by Crippen LogP contribution is -2.53. The number of carbonyl (C=O) groups excluding carboxylic acids is 2. The first kappa shape index (κ1) is 27.4. The number of thiophene rings is 1. The Labute approximate surface area is 243 Å². The zero-order chi connectivity index (χ0) is 28.9. The number of ether oxygens (including phenoxy) is 1. The summed E-state index contributed by atoms with van der Waals surface area (Å²) in [6, 6.07) is 17.5. The van der Waals surface area contributed by atoms with E-state index < -0.39 is 11.6 Å². The molecule has 1 saturated heterocycles. The molecule has 1 amide bonds. The van der Waals surface area contributed by atoms with Crippen LogP contribution in [0.5, 0.6) is 11.5 Å². The minimum Gasteiger partial charge on any atom is -0.457 e. The Morgan fingerprint density at radius 1 is 1.12 bits per heavy atom. The van der Waals surface area contributed by atoms with Crippen LogP contribution in [-0.2, 0) is 10.3 Å². The topological polar surface area (TPSA) is 137 Å². The van der Waals surface area contributed by atoms with E-state index in [1.54, 1.807) is 12.1 Å². The van der Waals surface area contributed by atoms with Gasteiger partial charge in [-0.25, -0.2) is 0 Å². The van der Waals surface area contributed by atoms with Crippen LogP contribution in [0.2, 0.25) is 0 Å². The number of amides is 1. The maximum atomic E-state index is 14.2. The van der Waals surface area contributed by atoms with Crippen molar-refractivity contribution >= 4 is 38.8 Å². The van der Waals surface area contributed by atoms with E-state index in [2.05, 4.69) is 17.1 Å². The largest absolute Gasteiger partial charge is 0.457 e. The number of nitrogens with zero attached hydrogens (tertiary/aromatic N) is 1. The molecule has 3 aromatic carbocycles. The van der Waals surface area contributed by atoms with Crippen molar-refractivity contribution in [3.63, 3.8) is 0 Å². The highest BCUT2D eigenvalue weighted by Gasteiger charge is 2.49. The highest BCUT2D eigenvalue weighted by atomic mass is 32.1. The lowest BCUT2D eigenvalue weighted by Gasteiger charge is -2.37. The van der Waals surface area contributed by atoms with Crippen molar-refractivity contribution in [1.82, 2.24) is 10.2 Å². The third kappa shape index (κ3) is 4.59. The Hall–Kier alpha value is -3.76. The van der Waals surface area contributed by atoms with Crippen molar-refractivity contribution in [2.75, 3.05) is 25.4 Å². The molecule has 1 aromatic heterocycles. The van der Waals surface area contributed by atoms with Crippen LogP contribution < -0.4 is 27.3 Å². The number of carbonyl (C=O) groups is 2. The SMILES string of the molecule is CCN1CCCC(NC(=O)c2sc3c(N)ccc4c3c2C(N)C(=O)C4(N)c2ccc(Oc3ccccc3)cc2C)C1. The number of hydrogen-bond acceptors (Lipinski definition) is 8. The second-order valence-electron chi connectivity index (χ2n) is 11.0. The van der Waals surface area contributed by atoms with Crippen LogP contribution in [0.1, 0.15) is 57.7 Å². The van der Waals surface area contributed by atoms with E-state index in [0.29, 0.717) is 44.1 Å². The summed E-state index contributed by atoms with van der Waals surface area (Å²) in [5.74, 6) is 0.761. The van der Waals surface area contributed by atoms with Gasteiger partial charge in [0.15, 0.2) is 5.78 Å². The fourth-order valence-corrected chi connectivity index (χ4v) is 7.51. The van der Waals surface area contributed by atoms with Crippen molar-refractivity contribution in [3.05, 3.63) is 87.8 Å². The van der Waals surface area contributed by atoms with Gasteiger partial charge in [-0.05, 0) is 79.9 Å². The molecule has 0 bridgehead atoms. The molecule has 8 nitrogen and oxygen atoms in total. The maximum absolute atomic E-state index is 14.2. The summed E-state index contributed by atoms with van der Waals surface area (Å²) in [5, 5.41) is 3.90. The van der Waals surface area contributed by atoms with E-state index >= 15 is 0 Å². The molecule has 2 heterocycles. The number of benzene rings is 3. The van der Waals surface area contributed by atoms with E-state index in [-0.39, 0.29) is 17.7 Å². The van der Waals surface area contributed by atoms with E-state index in [4.69, 9.17) is 21.9 Å². The van der Waals surface area contributed by atoms with E-state index in [0.717, 1.165) is 42.7 Å². The third-order valence-corrected chi connectivity index (χ3v) is 9.66. The minimum atomic E-state index is -1.52. The van der Waals surface area contributed by atoms with Gasteiger partial charge in [-0.2, -0.15) is 0 Å². The summed E-state index contributed by atoms with van der Waals surface area (Å²) in [7, 11) is 0. The van der Waals surface area contributed by atoms with Crippen LogP contribution in [0.15, 0.2) is 60.7 Å². The monoisotopic (exact) mass is 569 g/mol. The average Bonchev–Trinajstić information content (AvgIpc) is 3.38. The number of para-hydroxylation sites is 1. The Morgan fingerprint density at radius 3 is 2.61 bits per heavy atom. The number of Topliss-reactive ketones (excluding diaryl/α,β-unsaturated/α-hetero) is 1. The molecule has 9 heteroatoms. The number of likely N-dealkylation sites (tertiary alicyclic amines) is 1. The quantitative estimate of drug-likeness (QED) is 0.250. The van der Waals surface area contributed by atoms with Crippen molar-refractivity contribution in [2.45, 2.75) is 44.3 Å². The van der Waals surface area contributed by atoms with Crippen LogP contribution >= 0.6 is 11.3 Å². The van der Waals surface area contributed by atoms with Gasteiger partial charge in [-0.3, -0.25) is 9.59 Å². The highest BCUT2D eigenvalue weighted by molar-refractivity contribution is 7.21. The van der Waals surface area contributed by atoms with Gasteiger partial charge in [0.25, 0.3) is 5.91 Å². The number of ketones is 1. The molecule has 1 aliphatic carbocycles. The minimum absolute atomic E-state index is 0.0359. The van der Waals surface area contributed by atoms with Crippen molar-refractivity contribution in [2.24, 2.45) is 11.5 Å². The fraction of sp³-hybridized carbons (Fsp3) is 0.312. The summed E-state index contributed by atoms with van der Waals surface area (Å²) in [4.78, 5) is 30.6. The number of rotatable bonds is 6. The van der Waals surface area contributed by atoms with Crippen LogP contribution in [-0.4, -0.2) is 42.3 Å². The molecule has 1 fully saturated rings. The fourth-order valence-electron chi connectivity index (χ4n) is 6.31. The molecule has 0 spiro atoms. The molecule has 212 valence electrons. The molecular weight excluding hydrogens is 534 g/mol. The van der Waals surface area contributed by atoms with Gasteiger partial charge in [0, 0.05) is 29.2 Å². The number of anilines is 1. The number of piperidine rings is 1. The van der Waals surface area contributed by atoms with Gasteiger partial charge < -0.3 is 32.2 Å². The molecule has 3 atom stereocenters. The van der Waals surface area contributed by atoms with Crippen molar-refractivity contribution in [3.8, 4) is 11.5 Å². The Morgan fingerprint density at radius 2 is 1.88 bits per heavy atom. The lowest BCUT2D eigenvalue weighted by molar-refractivity contribution is -0.124. The Bertz CT molecular complexity index is 1650. The van der Waals surface area contributed by atoms with Crippen LogP contribution in [0, 0.1) is 6.92 Å². The van der Waals surface area contributed by atoms with E-state index in [1.807, 2.05) is 55.5 Å². The van der Waals surface area contributed by atoms with Gasteiger partial charge >= 0.3 is 0 Å². The number of nitrogens with two attached hydrogens (primary N) is 3. The third-order valence-electron chi connectivity index (χ3n) is 8.41. The first-order chi connectivity index (χ1) is 19.7. The molecule has 4 aromatic rings. The molecule has 2 aliphatic rings. The molecule has 41 heavy (non-hydrogen) atoms. The van der Waals surface area contributed by atoms with E-state index in [1.165, 1.54) is 11.3 Å². The zero-order valence-electron chi connectivity index (χ0n) is 23.3. The summed E-state index contributed by atoms with van der Waals surface area (Å²) < 4.78 is 6.73. The summed E-state index contributed by atoms with van der Waals surface area (Å²) in [6.07, 6.45) is 1.94. The molecule has 1 aliphatic heterocycles. The highest BCUT2D eigenvalue weighted by Crippen LogP contribution is 2.50. The number of nitrogen functional groups attached to an aromatic ring is 1. The average molecular weight is 570 g/mol. The van der Waals surface area contributed by atoms with Gasteiger partial charge in [-0.15, -0.1) is 11.3 Å². The summed E-state index contributed by atoms with van der Waals surface area (Å²) in [5.41, 5.74) is 21.7. The van der Waals surface area contributed by atoms with Crippen LogP contribution in [0.4, 0.5) is 5.69 Å². The molecular formula is C32H35N5O3S. The van der Waals surface area contributed by atoms with Gasteiger partial charge in [0.2, 0.25) is 0 Å². The van der Waals surface area contributed by atoms with Crippen LogP contribution in [0.25, 0.3) is 10.1 Å². The second-order valence-corrected chi connectivity index (χ2v) is 12.0. The standard InChI is InChI=1S/C32H35N5O3S/c1-3-37-15-7-8-19(17-37)36-31(39)29-26-25-23(13-14-24(33)28(25)41-29)32(35,30(38)27(26)34)22-12-11-21(16-18(22)2)40-20-9-5-4-6-10-20/h4-6,9-14,16,19,27H,3,7-8,15,17,33-35H2,1-2H3,(H,36,39). The predicted molar refractivity (Wildman–Crippen MR) is 163 cm³/mol. The lowest BCUT2D eigenvalue weighted by atomic mass is 9.69. The molecule has 6 rings (SSSR count). The Kier molecular flexibility index (Phi) is 7.07. The molecule has 0 radical (unpaired) electrons. The normalized spacial score (nSPS) is 22.6. The van der Waals surface area contributed by atoms with Gasteiger partial charge in [0.05, 0.1) is 15.6 Å². The molecule has 3 unspecified atom stereocenters. The molecule has 0 saturated carbocycles. The van der Waals surface area contributed by atoms with Crippen molar-refractivity contribution in [1.29, 1.82) is 0 Å². The van der Waals surface area contributed by atoms with E-state index in [9.17, 15) is 9.59 Å². The number of nitrogens with one attached hydrogen (secondary N) is 1. The zero-order valence-corrected chi connectivity index (χ0v) is 24.1. The first-order valence-electron chi connectivity index (χ1n) is 14.0. The Balaban J connectivity index is 1.41. The maximum Gasteiger partial charge on any atom is 0.262 e. The second kappa shape index (κ2) is 10.6. The first-order valence-corrected chi connectivity index (χ1v) is 14.8. The summed E-state index contributed by atoms with van der Waals surface area (Å²) >= 11 is 1.28. The van der Waals surface area contributed by atoms with Gasteiger partial charge in [0.1, 0.15) is 17.0 Å².